The number of rotatable bonds is 0. The Morgan fingerprint density at radius 3 is 2.18 bits per heavy atom. The maximum Gasteiger partial charge on any atom is 0.345 e. The van der Waals surface area contributed by atoms with Gasteiger partial charge in [0.05, 0.1) is 5.54 Å². The van der Waals surface area contributed by atoms with Gasteiger partial charge in [0.15, 0.2) is 0 Å². The molecular weight excluding hydrogens is 142 g/mol. The smallest absolute Gasteiger partial charge is 0.285 e. The number of nitrogens with zero attached hydrogens (tertiary/aromatic N) is 3. The molecule has 0 radical (unpaired) electrons. The second-order valence-corrected chi connectivity index (χ2v) is 3.61. The van der Waals surface area contributed by atoms with Gasteiger partial charge >= 0.3 is 5.69 Å². The molecule has 0 aliphatic heterocycles. The van der Waals surface area contributed by atoms with Gasteiger partial charge in [-0.05, 0) is 20.8 Å². The topological polar surface area (TPSA) is 39.8 Å². The van der Waals surface area contributed by atoms with Gasteiger partial charge in [0.25, 0.3) is 0 Å². The van der Waals surface area contributed by atoms with E-state index in [1.807, 2.05) is 20.8 Å². The highest BCUT2D eigenvalue weighted by Gasteiger charge is 2.16. The first kappa shape index (κ1) is 8.04. The van der Waals surface area contributed by atoms with Crippen molar-refractivity contribution in [1.82, 2.24) is 14.3 Å². The third-order valence-corrected chi connectivity index (χ3v) is 1.46. The lowest BCUT2D eigenvalue weighted by atomic mass is 10.1. The summed E-state index contributed by atoms with van der Waals surface area (Å²) in [5.41, 5.74) is -0.296. The van der Waals surface area contributed by atoms with Crippen LogP contribution in [0, 0.1) is 0 Å². The van der Waals surface area contributed by atoms with Gasteiger partial charge in [-0.25, -0.2) is 9.48 Å². The zero-order chi connectivity index (χ0) is 8.65. The van der Waals surface area contributed by atoms with Gasteiger partial charge in [-0.15, -0.1) is 0 Å². The highest BCUT2D eigenvalue weighted by atomic mass is 16.2. The molecule has 4 nitrogen and oxygen atoms in total. The molecule has 62 valence electrons. The van der Waals surface area contributed by atoms with Crippen LogP contribution in [0.15, 0.2) is 11.1 Å². The molecule has 0 atom stereocenters. The zero-order valence-electron chi connectivity index (χ0n) is 7.33. The Labute approximate surface area is 65.5 Å². The van der Waals surface area contributed by atoms with Crippen molar-refractivity contribution in [3.63, 3.8) is 0 Å². The normalized spacial score (nSPS) is 12.0. The van der Waals surface area contributed by atoms with E-state index in [1.54, 1.807) is 7.05 Å². The maximum atomic E-state index is 11.3. The van der Waals surface area contributed by atoms with Crippen molar-refractivity contribution in [2.24, 2.45) is 7.05 Å². The van der Waals surface area contributed by atoms with Crippen LogP contribution >= 0.6 is 0 Å². The molecule has 0 amide bonds. The van der Waals surface area contributed by atoms with E-state index in [9.17, 15) is 4.79 Å². The summed E-state index contributed by atoms with van der Waals surface area (Å²) in [7, 11) is 1.69. The molecule has 0 spiro atoms. The molecule has 0 saturated carbocycles. The molecule has 0 unspecified atom stereocenters. The van der Waals surface area contributed by atoms with Gasteiger partial charge in [0.2, 0.25) is 0 Å². The predicted octanol–water partition coefficient (Wildman–Crippen LogP) is 0.337. The van der Waals surface area contributed by atoms with Crippen molar-refractivity contribution in [3.8, 4) is 0 Å². The fraction of sp³-hybridized carbons (Fsp3) is 0.714. The quantitative estimate of drug-likeness (QED) is 0.542. The van der Waals surface area contributed by atoms with Crippen LogP contribution in [0.25, 0.3) is 0 Å². The predicted molar refractivity (Wildman–Crippen MR) is 42.5 cm³/mol. The molecule has 1 aromatic heterocycles. The molecule has 0 aromatic carbocycles. The fourth-order valence-corrected chi connectivity index (χ4v) is 0.837. The summed E-state index contributed by atoms with van der Waals surface area (Å²) in [5, 5.41) is 3.95. The van der Waals surface area contributed by atoms with Gasteiger partial charge in [-0.1, -0.05) is 0 Å². The zero-order valence-corrected chi connectivity index (χ0v) is 7.33. The highest BCUT2D eigenvalue weighted by molar-refractivity contribution is 4.75. The largest absolute Gasteiger partial charge is 0.345 e. The van der Waals surface area contributed by atoms with E-state index in [2.05, 4.69) is 5.10 Å². The number of hydrogen-bond donors (Lipinski definition) is 0. The van der Waals surface area contributed by atoms with E-state index >= 15 is 0 Å². The van der Waals surface area contributed by atoms with Crippen LogP contribution in [-0.4, -0.2) is 14.3 Å². The Balaban J connectivity index is 3.27. The summed E-state index contributed by atoms with van der Waals surface area (Å²) in [6.45, 7) is 5.84. The van der Waals surface area contributed by atoms with E-state index in [-0.39, 0.29) is 11.2 Å². The first-order valence-electron chi connectivity index (χ1n) is 3.54. The minimum atomic E-state index is -0.224. The average molecular weight is 155 g/mol. The van der Waals surface area contributed by atoms with E-state index < -0.39 is 0 Å². The SMILES string of the molecule is Cn1cnn(C(C)(C)C)c1=O. The number of aromatic nitrogens is 3. The summed E-state index contributed by atoms with van der Waals surface area (Å²) in [4.78, 5) is 11.3. The summed E-state index contributed by atoms with van der Waals surface area (Å²) >= 11 is 0. The van der Waals surface area contributed by atoms with Crippen LogP contribution in [0.2, 0.25) is 0 Å². The molecule has 11 heavy (non-hydrogen) atoms. The first-order valence-corrected chi connectivity index (χ1v) is 3.54. The molecule has 4 heteroatoms. The third kappa shape index (κ3) is 1.34. The fourth-order valence-electron chi connectivity index (χ4n) is 0.837. The van der Waals surface area contributed by atoms with Crippen molar-refractivity contribution in [2.45, 2.75) is 26.3 Å². The van der Waals surface area contributed by atoms with Crippen LogP contribution < -0.4 is 5.69 Å². The van der Waals surface area contributed by atoms with Crippen LogP contribution in [0.4, 0.5) is 0 Å². The van der Waals surface area contributed by atoms with Crippen LogP contribution in [0.5, 0.6) is 0 Å². The average Bonchev–Trinajstić information content (AvgIpc) is 2.11. The van der Waals surface area contributed by atoms with Crippen molar-refractivity contribution >= 4 is 0 Å². The molecule has 0 bridgehead atoms. The lowest BCUT2D eigenvalue weighted by Gasteiger charge is -2.16. The van der Waals surface area contributed by atoms with Crippen LogP contribution in [0.1, 0.15) is 20.8 Å². The highest BCUT2D eigenvalue weighted by Crippen LogP contribution is 2.07. The Morgan fingerprint density at radius 1 is 1.45 bits per heavy atom. The molecule has 0 N–H and O–H groups in total. The van der Waals surface area contributed by atoms with E-state index in [0.29, 0.717) is 0 Å². The van der Waals surface area contributed by atoms with E-state index in [1.165, 1.54) is 15.6 Å². The Kier molecular flexibility index (Phi) is 1.62. The number of aryl methyl sites for hydroxylation is 1. The second kappa shape index (κ2) is 2.22. The summed E-state index contributed by atoms with van der Waals surface area (Å²) < 4.78 is 2.93. The second-order valence-electron chi connectivity index (χ2n) is 3.61. The number of hydrogen-bond acceptors (Lipinski definition) is 2. The minimum Gasteiger partial charge on any atom is -0.285 e. The van der Waals surface area contributed by atoms with Gasteiger partial charge in [0, 0.05) is 7.05 Å². The van der Waals surface area contributed by atoms with Crippen LogP contribution in [0.3, 0.4) is 0 Å². The van der Waals surface area contributed by atoms with Gasteiger partial charge in [0.1, 0.15) is 6.33 Å². The molecule has 1 rings (SSSR count). The lowest BCUT2D eigenvalue weighted by molar-refractivity contribution is 0.341. The summed E-state index contributed by atoms with van der Waals surface area (Å²) in [6, 6.07) is 0. The van der Waals surface area contributed by atoms with Crippen molar-refractivity contribution < 1.29 is 0 Å². The molecule has 0 fully saturated rings. The first-order chi connectivity index (χ1) is 4.93. The van der Waals surface area contributed by atoms with E-state index in [0.717, 1.165) is 0 Å². The molecular formula is C7H13N3O. The maximum absolute atomic E-state index is 11.3. The Bertz CT molecular complexity index is 302. The molecule has 1 heterocycles. The monoisotopic (exact) mass is 155 g/mol. The lowest BCUT2D eigenvalue weighted by Crippen LogP contribution is -2.35. The van der Waals surface area contributed by atoms with E-state index in [4.69, 9.17) is 0 Å². The standard InChI is InChI=1S/C7H13N3O/c1-7(2,3)10-6(11)9(4)5-8-10/h5H,1-4H3. The summed E-state index contributed by atoms with van der Waals surface area (Å²) in [6.07, 6.45) is 1.52. The van der Waals surface area contributed by atoms with Gasteiger partial charge < -0.3 is 0 Å². The van der Waals surface area contributed by atoms with Crippen molar-refractivity contribution in [1.29, 1.82) is 0 Å². The molecule has 1 aromatic rings. The van der Waals surface area contributed by atoms with Crippen molar-refractivity contribution in [2.75, 3.05) is 0 Å². The molecule has 0 saturated heterocycles. The summed E-state index contributed by atoms with van der Waals surface area (Å²) in [5.74, 6) is 0. The Hall–Kier alpha value is -1.06. The minimum absolute atomic E-state index is 0.0718. The van der Waals surface area contributed by atoms with Gasteiger partial charge in [-0.2, -0.15) is 5.10 Å². The van der Waals surface area contributed by atoms with Crippen LogP contribution in [-0.2, 0) is 12.6 Å². The third-order valence-electron chi connectivity index (χ3n) is 1.46. The Morgan fingerprint density at radius 2 is 2.00 bits per heavy atom. The van der Waals surface area contributed by atoms with Gasteiger partial charge in [-0.3, -0.25) is 4.57 Å². The molecule has 0 aliphatic carbocycles. The molecule has 0 aliphatic rings. The van der Waals surface area contributed by atoms with Crippen molar-refractivity contribution in [3.05, 3.63) is 16.8 Å².